The summed E-state index contributed by atoms with van der Waals surface area (Å²) in [5.41, 5.74) is 1.91. The van der Waals surface area contributed by atoms with Gasteiger partial charge in [0, 0.05) is 6.08 Å². The van der Waals surface area contributed by atoms with Gasteiger partial charge in [0.1, 0.15) is 0 Å². The Morgan fingerprint density at radius 3 is 2.71 bits per heavy atom. The highest BCUT2D eigenvalue weighted by atomic mass is 16.4. The fraction of sp³-hybridized carbons (Fsp3) is 0.0909. The monoisotopic (exact) mass is 230 g/mol. The smallest absolute Gasteiger partial charge is 0.328 e. The molecule has 0 amide bonds. The van der Waals surface area contributed by atoms with Gasteiger partial charge in [-0.2, -0.15) is 4.68 Å². The molecule has 0 aliphatic carbocycles. The molecule has 2 rings (SSSR count). The Bertz CT molecular complexity index is 557. The number of aromatic nitrogens is 4. The first-order chi connectivity index (χ1) is 8.16. The average Bonchev–Trinajstić information content (AvgIpc) is 2.75. The van der Waals surface area contributed by atoms with Crippen molar-refractivity contribution in [3.05, 3.63) is 41.7 Å². The van der Waals surface area contributed by atoms with Crippen LogP contribution in [0.1, 0.15) is 11.4 Å². The van der Waals surface area contributed by atoms with E-state index in [1.165, 1.54) is 10.8 Å². The SMILES string of the molecule is Cc1ccc(-n2nnnc2/C=C/C(=O)O)cc1. The number of carboxylic acids is 1. The minimum atomic E-state index is -1.04. The molecule has 1 heterocycles. The molecule has 1 aromatic carbocycles. The maximum atomic E-state index is 10.4. The van der Waals surface area contributed by atoms with Crippen molar-refractivity contribution in [3.63, 3.8) is 0 Å². The number of aliphatic carboxylic acids is 1. The molecule has 86 valence electrons. The van der Waals surface area contributed by atoms with Crippen molar-refractivity contribution in [2.75, 3.05) is 0 Å². The van der Waals surface area contributed by atoms with Crippen LogP contribution in [0.5, 0.6) is 0 Å². The van der Waals surface area contributed by atoms with Crippen molar-refractivity contribution in [2.24, 2.45) is 0 Å². The highest BCUT2D eigenvalue weighted by molar-refractivity contribution is 5.84. The Morgan fingerprint density at radius 2 is 2.06 bits per heavy atom. The van der Waals surface area contributed by atoms with Crippen molar-refractivity contribution in [2.45, 2.75) is 6.92 Å². The van der Waals surface area contributed by atoms with Gasteiger partial charge in [0.15, 0.2) is 5.82 Å². The summed E-state index contributed by atoms with van der Waals surface area (Å²) in [6.07, 6.45) is 2.35. The van der Waals surface area contributed by atoms with Gasteiger partial charge in [-0.05, 0) is 35.6 Å². The van der Waals surface area contributed by atoms with Gasteiger partial charge in [0.25, 0.3) is 0 Å². The van der Waals surface area contributed by atoms with E-state index in [2.05, 4.69) is 15.5 Å². The van der Waals surface area contributed by atoms with Crippen LogP contribution in [-0.2, 0) is 4.79 Å². The highest BCUT2D eigenvalue weighted by Gasteiger charge is 2.05. The van der Waals surface area contributed by atoms with E-state index in [4.69, 9.17) is 5.11 Å². The third-order valence-corrected chi connectivity index (χ3v) is 2.15. The lowest BCUT2D eigenvalue weighted by atomic mass is 10.2. The van der Waals surface area contributed by atoms with Gasteiger partial charge in [-0.1, -0.05) is 17.7 Å². The number of tetrazole rings is 1. The first-order valence-electron chi connectivity index (χ1n) is 4.93. The van der Waals surface area contributed by atoms with Crippen LogP contribution in [0.4, 0.5) is 0 Å². The molecule has 0 fully saturated rings. The lowest BCUT2D eigenvalue weighted by molar-refractivity contribution is -0.131. The minimum absolute atomic E-state index is 0.372. The molecule has 0 aliphatic rings. The molecule has 1 N–H and O–H groups in total. The standard InChI is InChI=1S/C11H10N4O2/c1-8-2-4-9(5-3-8)15-10(12-13-14-15)6-7-11(16)17/h2-7H,1H3,(H,16,17)/b7-6+. The zero-order valence-corrected chi connectivity index (χ0v) is 9.11. The largest absolute Gasteiger partial charge is 0.478 e. The van der Waals surface area contributed by atoms with Crippen molar-refractivity contribution < 1.29 is 9.90 Å². The van der Waals surface area contributed by atoms with Gasteiger partial charge < -0.3 is 5.11 Å². The van der Waals surface area contributed by atoms with Crippen LogP contribution in [0.25, 0.3) is 11.8 Å². The van der Waals surface area contributed by atoms with E-state index in [9.17, 15) is 4.79 Å². The summed E-state index contributed by atoms with van der Waals surface area (Å²) in [5.74, 6) is -0.667. The second-order valence-electron chi connectivity index (χ2n) is 3.46. The molecule has 2 aromatic rings. The fourth-order valence-electron chi connectivity index (χ4n) is 1.31. The normalized spacial score (nSPS) is 10.9. The van der Waals surface area contributed by atoms with Gasteiger partial charge in [-0.25, -0.2) is 4.79 Å². The van der Waals surface area contributed by atoms with Crippen molar-refractivity contribution >= 4 is 12.0 Å². The van der Waals surface area contributed by atoms with E-state index in [0.29, 0.717) is 5.82 Å². The van der Waals surface area contributed by atoms with Gasteiger partial charge >= 0.3 is 5.97 Å². The molecule has 0 atom stereocenters. The Labute approximate surface area is 97.2 Å². The Hall–Kier alpha value is -2.50. The van der Waals surface area contributed by atoms with Crippen LogP contribution in [0.3, 0.4) is 0 Å². The lowest BCUT2D eigenvalue weighted by Crippen LogP contribution is -2.00. The van der Waals surface area contributed by atoms with Crippen LogP contribution in [0.2, 0.25) is 0 Å². The Balaban J connectivity index is 2.36. The maximum absolute atomic E-state index is 10.4. The first-order valence-corrected chi connectivity index (χ1v) is 4.93. The highest BCUT2D eigenvalue weighted by Crippen LogP contribution is 2.10. The van der Waals surface area contributed by atoms with Crippen molar-refractivity contribution in [1.29, 1.82) is 0 Å². The summed E-state index contributed by atoms with van der Waals surface area (Å²) < 4.78 is 1.47. The zero-order chi connectivity index (χ0) is 12.3. The lowest BCUT2D eigenvalue weighted by Gasteiger charge is -2.01. The molecular formula is C11H10N4O2. The molecule has 0 radical (unpaired) electrons. The van der Waals surface area contributed by atoms with Crippen LogP contribution in [0.15, 0.2) is 30.3 Å². The summed E-state index contributed by atoms with van der Waals surface area (Å²) in [7, 11) is 0. The molecule has 1 aromatic heterocycles. The topological polar surface area (TPSA) is 80.9 Å². The van der Waals surface area contributed by atoms with E-state index < -0.39 is 5.97 Å². The summed E-state index contributed by atoms with van der Waals surface area (Å²) in [6, 6.07) is 7.59. The van der Waals surface area contributed by atoms with Gasteiger partial charge in [-0.15, -0.1) is 5.10 Å². The van der Waals surface area contributed by atoms with Crippen molar-refractivity contribution in [3.8, 4) is 5.69 Å². The van der Waals surface area contributed by atoms with Crippen molar-refractivity contribution in [1.82, 2.24) is 20.2 Å². The Morgan fingerprint density at radius 1 is 1.35 bits per heavy atom. The van der Waals surface area contributed by atoms with Crippen LogP contribution in [-0.4, -0.2) is 31.3 Å². The molecule has 0 saturated carbocycles. The van der Waals surface area contributed by atoms with E-state index in [0.717, 1.165) is 17.3 Å². The predicted octanol–water partition coefficient (Wildman–Crippen LogP) is 1.07. The second kappa shape index (κ2) is 4.56. The van der Waals surface area contributed by atoms with Gasteiger partial charge in [0.2, 0.25) is 0 Å². The van der Waals surface area contributed by atoms with E-state index >= 15 is 0 Å². The molecule has 0 unspecified atom stereocenters. The number of carboxylic acid groups (broad SMARTS) is 1. The van der Waals surface area contributed by atoms with E-state index in [1.807, 2.05) is 31.2 Å². The molecule has 0 spiro atoms. The third-order valence-electron chi connectivity index (χ3n) is 2.15. The number of rotatable bonds is 3. The second-order valence-corrected chi connectivity index (χ2v) is 3.46. The molecular weight excluding hydrogens is 220 g/mol. The van der Waals surface area contributed by atoms with Crippen LogP contribution >= 0.6 is 0 Å². The number of aryl methyl sites for hydroxylation is 1. The molecule has 17 heavy (non-hydrogen) atoms. The number of nitrogens with zero attached hydrogens (tertiary/aromatic N) is 4. The van der Waals surface area contributed by atoms with Crippen LogP contribution in [0, 0.1) is 6.92 Å². The van der Waals surface area contributed by atoms with E-state index in [1.54, 1.807) is 0 Å². The number of benzene rings is 1. The average molecular weight is 230 g/mol. The number of hydrogen-bond donors (Lipinski definition) is 1. The fourth-order valence-corrected chi connectivity index (χ4v) is 1.31. The Kier molecular flexibility index (Phi) is 2.95. The zero-order valence-electron chi connectivity index (χ0n) is 9.11. The summed E-state index contributed by atoms with van der Waals surface area (Å²) in [4.78, 5) is 10.4. The number of hydrogen-bond acceptors (Lipinski definition) is 4. The molecule has 0 aliphatic heterocycles. The van der Waals surface area contributed by atoms with E-state index in [-0.39, 0.29) is 0 Å². The summed E-state index contributed by atoms with van der Waals surface area (Å²) >= 11 is 0. The van der Waals surface area contributed by atoms with Gasteiger partial charge in [0.05, 0.1) is 5.69 Å². The molecule has 6 heteroatoms. The molecule has 0 saturated heterocycles. The molecule has 6 nitrogen and oxygen atoms in total. The number of carbonyl (C=O) groups is 1. The quantitative estimate of drug-likeness (QED) is 0.797. The molecule has 0 bridgehead atoms. The third kappa shape index (κ3) is 2.54. The minimum Gasteiger partial charge on any atom is -0.478 e. The predicted molar refractivity (Wildman–Crippen MR) is 60.6 cm³/mol. The maximum Gasteiger partial charge on any atom is 0.328 e. The summed E-state index contributed by atoms with van der Waals surface area (Å²) in [6.45, 7) is 1.98. The first kappa shape index (κ1) is 11.0. The van der Waals surface area contributed by atoms with Gasteiger partial charge in [-0.3, -0.25) is 0 Å². The summed E-state index contributed by atoms with van der Waals surface area (Å²) in [5, 5.41) is 19.6. The van der Waals surface area contributed by atoms with Crippen LogP contribution < -0.4 is 0 Å².